The fourth-order valence-electron chi connectivity index (χ4n) is 1.86. The molecule has 1 fully saturated rings. The van der Waals surface area contributed by atoms with Gasteiger partial charge < -0.3 is 4.57 Å². The van der Waals surface area contributed by atoms with Crippen LogP contribution in [0.2, 0.25) is 19.6 Å². The van der Waals surface area contributed by atoms with Crippen LogP contribution in [0.25, 0.3) is 0 Å². The summed E-state index contributed by atoms with van der Waals surface area (Å²) in [4.78, 5) is 2.54. The van der Waals surface area contributed by atoms with Crippen LogP contribution in [0.1, 0.15) is 6.92 Å². The van der Waals surface area contributed by atoms with Crippen molar-refractivity contribution in [1.82, 2.24) is 9.47 Å². The molecule has 0 saturated carbocycles. The molecule has 1 rings (SSSR count). The predicted octanol–water partition coefficient (Wildman–Crippen LogP) is 2.02. The lowest BCUT2D eigenvalue weighted by atomic mass is 10.3. The Balaban J connectivity index is 2.31. The van der Waals surface area contributed by atoms with Crippen molar-refractivity contribution < 1.29 is 0 Å². The van der Waals surface area contributed by atoms with Crippen molar-refractivity contribution >= 4 is 8.24 Å². The van der Waals surface area contributed by atoms with Crippen LogP contribution in [0, 0.1) is 0 Å². The van der Waals surface area contributed by atoms with Crippen molar-refractivity contribution in [3.8, 4) is 0 Å². The summed E-state index contributed by atoms with van der Waals surface area (Å²) >= 11 is 0. The average Bonchev–Trinajstić information content (AvgIpc) is 2.14. The molecular formula is C11H24N2Si. The molecule has 0 aromatic rings. The number of hydrogen-bond donors (Lipinski definition) is 0. The van der Waals surface area contributed by atoms with E-state index in [-0.39, 0.29) is 0 Å². The smallest absolute Gasteiger partial charge is 0.119 e. The number of nitrogens with zero attached hydrogens (tertiary/aromatic N) is 2. The van der Waals surface area contributed by atoms with E-state index in [1.807, 2.05) is 0 Å². The van der Waals surface area contributed by atoms with Crippen molar-refractivity contribution in [3.05, 3.63) is 12.2 Å². The second kappa shape index (κ2) is 5.10. The number of hydrogen-bond acceptors (Lipinski definition) is 2. The SMILES string of the molecule is CC=CCN1CCN([Si](C)(C)C)CC1. The zero-order valence-electron chi connectivity index (χ0n) is 10.1. The van der Waals surface area contributed by atoms with Gasteiger partial charge in [0.05, 0.1) is 0 Å². The Bertz CT molecular complexity index is 188. The topological polar surface area (TPSA) is 6.48 Å². The maximum Gasteiger partial charge on any atom is 0.119 e. The zero-order chi connectivity index (χ0) is 10.6. The molecule has 0 amide bonds. The number of allylic oxidation sites excluding steroid dienone is 1. The van der Waals surface area contributed by atoms with Gasteiger partial charge in [0.15, 0.2) is 0 Å². The van der Waals surface area contributed by atoms with Gasteiger partial charge in [-0.05, 0) is 6.92 Å². The van der Waals surface area contributed by atoms with Crippen molar-refractivity contribution in [3.63, 3.8) is 0 Å². The van der Waals surface area contributed by atoms with E-state index in [4.69, 9.17) is 0 Å². The molecule has 1 heterocycles. The van der Waals surface area contributed by atoms with Crippen LogP contribution in [-0.4, -0.2) is 50.4 Å². The average molecular weight is 212 g/mol. The summed E-state index contributed by atoms with van der Waals surface area (Å²) in [6, 6.07) is 0. The lowest BCUT2D eigenvalue weighted by molar-refractivity contribution is 0.199. The van der Waals surface area contributed by atoms with Gasteiger partial charge in [-0.2, -0.15) is 0 Å². The van der Waals surface area contributed by atoms with Gasteiger partial charge in [0.2, 0.25) is 0 Å². The summed E-state index contributed by atoms with van der Waals surface area (Å²) in [6.45, 7) is 15.6. The van der Waals surface area contributed by atoms with Crippen LogP contribution in [-0.2, 0) is 0 Å². The Kier molecular flexibility index (Phi) is 4.35. The van der Waals surface area contributed by atoms with Gasteiger partial charge >= 0.3 is 0 Å². The summed E-state index contributed by atoms with van der Waals surface area (Å²) < 4.78 is 2.71. The molecule has 0 aromatic heterocycles. The molecule has 0 N–H and O–H groups in total. The fourth-order valence-corrected chi connectivity index (χ4v) is 3.40. The highest BCUT2D eigenvalue weighted by Crippen LogP contribution is 2.12. The van der Waals surface area contributed by atoms with E-state index in [9.17, 15) is 0 Å². The number of rotatable bonds is 3. The third-order valence-corrected chi connectivity index (χ3v) is 5.26. The third-order valence-electron chi connectivity index (χ3n) is 2.92. The largest absolute Gasteiger partial charge is 0.321 e. The minimum Gasteiger partial charge on any atom is -0.321 e. The van der Waals surface area contributed by atoms with Crippen LogP contribution in [0.4, 0.5) is 0 Å². The van der Waals surface area contributed by atoms with Gasteiger partial charge in [-0.15, -0.1) is 0 Å². The number of piperazine rings is 1. The minimum atomic E-state index is -1.03. The first-order valence-electron chi connectivity index (χ1n) is 5.62. The monoisotopic (exact) mass is 212 g/mol. The van der Waals surface area contributed by atoms with Gasteiger partial charge in [-0.3, -0.25) is 4.90 Å². The molecule has 0 atom stereocenters. The highest BCUT2D eigenvalue weighted by molar-refractivity contribution is 6.73. The summed E-state index contributed by atoms with van der Waals surface area (Å²) in [6.07, 6.45) is 4.40. The second-order valence-electron chi connectivity index (χ2n) is 5.03. The van der Waals surface area contributed by atoms with Crippen LogP contribution >= 0.6 is 0 Å². The second-order valence-corrected chi connectivity index (χ2v) is 10.0. The van der Waals surface area contributed by atoms with Gasteiger partial charge in [0.25, 0.3) is 0 Å². The van der Waals surface area contributed by atoms with Gasteiger partial charge in [-0.1, -0.05) is 31.8 Å². The Morgan fingerprint density at radius 2 is 1.64 bits per heavy atom. The highest BCUT2D eigenvalue weighted by Gasteiger charge is 2.26. The Morgan fingerprint density at radius 1 is 1.07 bits per heavy atom. The molecule has 0 bridgehead atoms. The molecule has 1 aliphatic rings. The Morgan fingerprint density at radius 3 is 2.07 bits per heavy atom. The van der Waals surface area contributed by atoms with Crippen LogP contribution in [0.5, 0.6) is 0 Å². The van der Waals surface area contributed by atoms with E-state index in [1.165, 1.54) is 26.2 Å². The molecule has 0 aliphatic carbocycles. The van der Waals surface area contributed by atoms with E-state index in [1.54, 1.807) is 0 Å². The quantitative estimate of drug-likeness (QED) is 0.522. The van der Waals surface area contributed by atoms with E-state index < -0.39 is 8.24 Å². The standard InChI is InChI=1S/C11H24N2Si/c1-5-6-7-12-8-10-13(11-9-12)14(2,3)4/h5-6H,7-11H2,1-4H3. The van der Waals surface area contributed by atoms with Gasteiger partial charge in [0, 0.05) is 32.7 Å². The minimum absolute atomic E-state index is 1.03. The van der Waals surface area contributed by atoms with Crippen molar-refractivity contribution in [2.45, 2.75) is 26.6 Å². The molecule has 14 heavy (non-hydrogen) atoms. The first-order valence-corrected chi connectivity index (χ1v) is 9.07. The third kappa shape index (κ3) is 3.56. The molecule has 2 nitrogen and oxygen atoms in total. The van der Waals surface area contributed by atoms with E-state index in [2.05, 4.69) is 48.2 Å². The zero-order valence-corrected chi connectivity index (χ0v) is 11.1. The summed E-state index contributed by atoms with van der Waals surface area (Å²) in [5.74, 6) is 0. The summed E-state index contributed by atoms with van der Waals surface area (Å²) in [5.41, 5.74) is 0. The summed E-state index contributed by atoms with van der Waals surface area (Å²) in [5, 5.41) is 0. The lowest BCUT2D eigenvalue weighted by Crippen LogP contribution is -2.55. The van der Waals surface area contributed by atoms with Crippen LogP contribution < -0.4 is 0 Å². The molecule has 1 saturated heterocycles. The van der Waals surface area contributed by atoms with E-state index in [0.29, 0.717) is 0 Å². The molecular weight excluding hydrogens is 188 g/mol. The van der Waals surface area contributed by atoms with Crippen LogP contribution in [0.3, 0.4) is 0 Å². The van der Waals surface area contributed by atoms with Crippen molar-refractivity contribution in [2.24, 2.45) is 0 Å². The normalized spacial score (nSPS) is 22.0. The molecule has 82 valence electrons. The molecule has 0 spiro atoms. The molecule has 0 radical (unpaired) electrons. The van der Waals surface area contributed by atoms with E-state index >= 15 is 0 Å². The van der Waals surface area contributed by atoms with E-state index in [0.717, 1.165) is 6.54 Å². The van der Waals surface area contributed by atoms with Gasteiger partial charge in [-0.25, -0.2) is 0 Å². The molecule has 0 aromatic carbocycles. The highest BCUT2D eigenvalue weighted by atomic mass is 28.3. The lowest BCUT2D eigenvalue weighted by Gasteiger charge is -2.41. The molecule has 0 unspecified atom stereocenters. The molecule has 3 heteroatoms. The summed E-state index contributed by atoms with van der Waals surface area (Å²) in [7, 11) is -1.03. The first kappa shape index (κ1) is 11.9. The van der Waals surface area contributed by atoms with Gasteiger partial charge in [0.1, 0.15) is 8.24 Å². The maximum atomic E-state index is 2.71. The van der Waals surface area contributed by atoms with Crippen molar-refractivity contribution in [1.29, 1.82) is 0 Å². The fraction of sp³-hybridized carbons (Fsp3) is 0.818. The van der Waals surface area contributed by atoms with Crippen molar-refractivity contribution in [2.75, 3.05) is 32.7 Å². The predicted molar refractivity (Wildman–Crippen MR) is 66.2 cm³/mol. The van der Waals surface area contributed by atoms with Crippen LogP contribution in [0.15, 0.2) is 12.2 Å². The maximum absolute atomic E-state index is 2.71. The Hall–Kier alpha value is -0.123. The first-order chi connectivity index (χ1) is 6.54. The Labute approximate surface area is 89.7 Å². The molecule has 1 aliphatic heterocycles.